The maximum absolute atomic E-state index is 13.4. The number of carbonyl (C=O) groups is 2. The third-order valence-corrected chi connectivity index (χ3v) is 3.58. The zero-order valence-electron chi connectivity index (χ0n) is 11.2. The molecule has 114 valence electrons. The number of benzene rings is 1. The van der Waals surface area contributed by atoms with Gasteiger partial charge in [0.1, 0.15) is 11.6 Å². The van der Waals surface area contributed by atoms with E-state index in [1.165, 1.54) is 0 Å². The molecule has 1 fully saturated rings. The minimum absolute atomic E-state index is 0.156. The molecule has 0 aliphatic heterocycles. The Morgan fingerprint density at radius 2 is 1.90 bits per heavy atom. The quantitative estimate of drug-likeness (QED) is 0.803. The highest BCUT2D eigenvalue weighted by atomic mass is 19.1. The summed E-state index contributed by atoms with van der Waals surface area (Å²) in [5, 5.41) is 13.9. The van der Waals surface area contributed by atoms with Crippen LogP contribution in [0.3, 0.4) is 0 Å². The van der Waals surface area contributed by atoms with Crippen LogP contribution in [-0.2, 0) is 4.79 Å². The summed E-state index contributed by atoms with van der Waals surface area (Å²) in [6.45, 7) is 0. The normalized spacial score (nSPS) is 21.6. The van der Waals surface area contributed by atoms with Crippen LogP contribution in [-0.4, -0.2) is 23.1 Å². The van der Waals surface area contributed by atoms with Crippen LogP contribution < -0.4 is 10.6 Å². The number of anilines is 1. The van der Waals surface area contributed by atoms with E-state index >= 15 is 0 Å². The molecule has 1 aliphatic rings. The van der Waals surface area contributed by atoms with Gasteiger partial charge in [-0.2, -0.15) is 0 Å². The van der Waals surface area contributed by atoms with Gasteiger partial charge in [0.15, 0.2) is 0 Å². The second-order valence-electron chi connectivity index (χ2n) is 5.06. The molecule has 0 radical (unpaired) electrons. The number of hydrogen-bond acceptors (Lipinski definition) is 2. The monoisotopic (exact) mass is 298 g/mol. The first-order chi connectivity index (χ1) is 9.97. The van der Waals surface area contributed by atoms with Crippen LogP contribution in [0.4, 0.5) is 19.3 Å². The summed E-state index contributed by atoms with van der Waals surface area (Å²) in [5.74, 6) is -3.21. The molecule has 2 amide bonds. The molecule has 5 nitrogen and oxygen atoms in total. The van der Waals surface area contributed by atoms with Gasteiger partial charge >= 0.3 is 12.0 Å². The van der Waals surface area contributed by atoms with Gasteiger partial charge in [0, 0.05) is 12.1 Å². The van der Waals surface area contributed by atoms with E-state index in [2.05, 4.69) is 10.6 Å². The summed E-state index contributed by atoms with van der Waals surface area (Å²) in [5.41, 5.74) is -0.156. The molecule has 0 spiro atoms. The number of carboxylic acid groups (broad SMARTS) is 1. The molecule has 1 aliphatic carbocycles. The summed E-state index contributed by atoms with van der Waals surface area (Å²) >= 11 is 0. The Bertz CT molecular complexity index is 551. The highest BCUT2D eigenvalue weighted by Gasteiger charge is 2.31. The second-order valence-corrected chi connectivity index (χ2v) is 5.06. The maximum Gasteiger partial charge on any atom is 0.319 e. The van der Waals surface area contributed by atoms with E-state index < -0.39 is 35.6 Å². The molecule has 1 aromatic carbocycles. The van der Waals surface area contributed by atoms with Crippen LogP contribution in [0.5, 0.6) is 0 Å². The Morgan fingerprint density at radius 1 is 1.19 bits per heavy atom. The lowest BCUT2D eigenvalue weighted by Crippen LogP contribution is -2.46. The molecule has 21 heavy (non-hydrogen) atoms. The van der Waals surface area contributed by atoms with Crippen molar-refractivity contribution in [1.82, 2.24) is 5.32 Å². The minimum Gasteiger partial charge on any atom is -0.481 e. The van der Waals surface area contributed by atoms with Crippen LogP contribution in [0.2, 0.25) is 0 Å². The molecular formula is C14H16F2N2O3. The summed E-state index contributed by atoms with van der Waals surface area (Å²) < 4.78 is 26.2. The maximum atomic E-state index is 13.4. The Kier molecular flexibility index (Phi) is 4.72. The van der Waals surface area contributed by atoms with Gasteiger partial charge in [0.25, 0.3) is 0 Å². The molecular weight excluding hydrogens is 282 g/mol. The number of carboxylic acids is 1. The fraction of sp³-hybridized carbons (Fsp3) is 0.429. The Labute approximate surface area is 120 Å². The molecule has 1 saturated carbocycles. The predicted molar refractivity (Wildman–Crippen MR) is 71.9 cm³/mol. The van der Waals surface area contributed by atoms with Crippen LogP contribution in [0.1, 0.15) is 25.7 Å². The summed E-state index contributed by atoms with van der Waals surface area (Å²) in [4.78, 5) is 22.9. The fourth-order valence-electron chi connectivity index (χ4n) is 2.52. The average Bonchev–Trinajstić information content (AvgIpc) is 2.42. The summed E-state index contributed by atoms with van der Waals surface area (Å²) in [7, 11) is 0. The van der Waals surface area contributed by atoms with E-state index in [-0.39, 0.29) is 5.69 Å². The number of hydrogen-bond donors (Lipinski definition) is 3. The lowest BCUT2D eigenvalue weighted by molar-refractivity contribution is -0.143. The van der Waals surface area contributed by atoms with Gasteiger partial charge in [-0.3, -0.25) is 4.79 Å². The first-order valence-corrected chi connectivity index (χ1v) is 6.73. The SMILES string of the molecule is O=C(Nc1ccc(F)cc1F)NC1CCCCC1C(=O)O. The van der Waals surface area contributed by atoms with Gasteiger partial charge in [-0.25, -0.2) is 13.6 Å². The van der Waals surface area contributed by atoms with E-state index in [1.807, 2.05) is 0 Å². The van der Waals surface area contributed by atoms with E-state index in [0.29, 0.717) is 18.9 Å². The van der Waals surface area contributed by atoms with E-state index in [1.54, 1.807) is 0 Å². The van der Waals surface area contributed by atoms with Gasteiger partial charge in [-0.15, -0.1) is 0 Å². The van der Waals surface area contributed by atoms with E-state index in [9.17, 15) is 18.4 Å². The third kappa shape index (κ3) is 3.90. The largest absolute Gasteiger partial charge is 0.481 e. The highest BCUT2D eigenvalue weighted by Crippen LogP contribution is 2.25. The van der Waals surface area contributed by atoms with E-state index in [4.69, 9.17) is 5.11 Å². The highest BCUT2D eigenvalue weighted by molar-refractivity contribution is 5.90. The standard InChI is InChI=1S/C14H16F2N2O3/c15-8-5-6-12(10(16)7-8)18-14(21)17-11-4-2-1-3-9(11)13(19)20/h5-7,9,11H,1-4H2,(H,19,20)(H2,17,18,21). The van der Waals surface area contributed by atoms with Crippen molar-refractivity contribution in [2.75, 3.05) is 5.32 Å². The lowest BCUT2D eigenvalue weighted by atomic mass is 9.84. The van der Waals surface area contributed by atoms with Crippen molar-refractivity contribution < 1.29 is 23.5 Å². The Balaban J connectivity index is 1.98. The molecule has 2 unspecified atom stereocenters. The Morgan fingerprint density at radius 3 is 2.57 bits per heavy atom. The molecule has 2 atom stereocenters. The topological polar surface area (TPSA) is 78.4 Å². The van der Waals surface area contributed by atoms with Crippen LogP contribution in [0, 0.1) is 17.6 Å². The van der Waals surface area contributed by atoms with Crippen molar-refractivity contribution in [2.24, 2.45) is 5.92 Å². The number of aliphatic carboxylic acids is 1. The Hall–Kier alpha value is -2.18. The van der Waals surface area contributed by atoms with Crippen molar-refractivity contribution in [3.05, 3.63) is 29.8 Å². The molecule has 0 saturated heterocycles. The van der Waals surface area contributed by atoms with Crippen molar-refractivity contribution in [3.8, 4) is 0 Å². The van der Waals surface area contributed by atoms with Crippen molar-refractivity contribution in [2.45, 2.75) is 31.7 Å². The zero-order chi connectivity index (χ0) is 15.4. The van der Waals surface area contributed by atoms with Crippen LogP contribution in [0.25, 0.3) is 0 Å². The third-order valence-electron chi connectivity index (χ3n) is 3.58. The van der Waals surface area contributed by atoms with Crippen molar-refractivity contribution in [3.63, 3.8) is 0 Å². The second kappa shape index (κ2) is 6.51. The smallest absolute Gasteiger partial charge is 0.319 e. The summed E-state index contributed by atoms with van der Waals surface area (Å²) in [6, 6.07) is 1.62. The van der Waals surface area contributed by atoms with Crippen molar-refractivity contribution >= 4 is 17.7 Å². The predicted octanol–water partition coefficient (Wildman–Crippen LogP) is 2.73. The zero-order valence-corrected chi connectivity index (χ0v) is 11.2. The number of halogens is 2. The van der Waals surface area contributed by atoms with Crippen LogP contribution >= 0.6 is 0 Å². The first-order valence-electron chi connectivity index (χ1n) is 6.73. The van der Waals surface area contributed by atoms with Crippen molar-refractivity contribution in [1.29, 1.82) is 0 Å². The van der Waals surface area contributed by atoms with Gasteiger partial charge < -0.3 is 15.7 Å². The molecule has 7 heteroatoms. The van der Waals surface area contributed by atoms with Gasteiger partial charge in [-0.1, -0.05) is 12.8 Å². The molecule has 2 rings (SSSR count). The number of rotatable bonds is 3. The number of nitrogens with one attached hydrogen (secondary N) is 2. The number of urea groups is 1. The first kappa shape index (κ1) is 15.2. The molecule has 1 aromatic rings. The lowest BCUT2D eigenvalue weighted by Gasteiger charge is -2.29. The van der Waals surface area contributed by atoms with Gasteiger partial charge in [-0.05, 0) is 25.0 Å². The minimum atomic E-state index is -0.951. The summed E-state index contributed by atoms with van der Waals surface area (Å²) in [6.07, 6.45) is 2.71. The number of carbonyl (C=O) groups excluding carboxylic acids is 1. The molecule has 0 heterocycles. The fourth-order valence-corrected chi connectivity index (χ4v) is 2.52. The van der Waals surface area contributed by atoms with Crippen LogP contribution in [0.15, 0.2) is 18.2 Å². The van der Waals surface area contributed by atoms with Gasteiger partial charge in [0.05, 0.1) is 11.6 Å². The molecule has 3 N–H and O–H groups in total. The van der Waals surface area contributed by atoms with Gasteiger partial charge in [0.2, 0.25) is 0 Å². The van der Waals surface area contributed by atoms with E-state index in [0.717, 1.165) is 25.0 Å². The molecule has 0 aromatic heterocycles. The number of amides is 2. The average molecular weight is 298 g/mol. The molecule has 0 bridgehead atoms.